The summed E-state index contributed by atoms with van der Waals surface area (Å²) in [5.74, 6) is 1.44. The van der Waals surface area contributed by atoms with Crippen molar-refractivity contribution < 1.29 is 13.6 Å². The van der Waals surface area contributed by atoms with Crippen LogP contribution in [-0.2, 0) is 17.6 Å². The minimum atomic E-state index is -0.248. The van der Waals surface area contributed by atoms with Crippen LogP contribution in [-0.4, -0.2) is 33.9 Å². The van der Waals surface area contributed by atoms with E-state index in [2.05, 4.69) is 9.97 Å². The molecule has 0 N–H and O–H groups in total. The van der Waals surface area contributed by atoms with Gasteiger partial charge in [-0.05, 0) is 44.4 Å². The summed E-state index contributed by atoms with van der Waals surface area (Å²) in [6.45, 7) is 5.33. The highest BCUT2D eigenvalue weighted by molar-refractivity contribution is 7.11. The number of hydrogen-bond donors (Lipinski definition) is 0. The lowest BCUT2D eigenvalue weighted by atomic mass is 9.97. The molecule has 0 radical (unpaired) electrons. The van der Waals surface area contributed by atoms with Gasteiger partial charge in [0.2, 0.25) is 5.91 Å². The van der Waals surface area contributed by atoms with E-state index in [1.54, 1.807) is 29.7 Å². The van der Waals surface area contributed by atoms with Gasteiger partial charge in [-0.25, -0.2) is 14.4 Å². The van der Waals surface area contributed by atoms with Crippen LogP contribution in [0.1, 0.15) is 51.6 Å². The molecule has 1 amide bonds. The monoisotopic (exact) mass is 413 g/mol. The van der Waals surface area contributed by atoms with Gasteiger partial charge >= 0.3 is 0 Å². The van der Waals surface area contributed by atoms with Gasteiger partial charge in [0.15, 0.2) is 5.89 Å². The topological polar surface area (TPSA) is 59.2 Å². The third kappa shape index (κ3) is 4.72. The number of hydrogen-bond acceptors (Lipinski definition) is 5. The van der Waals surface area contributed by atoms with Gasteiger partial charge in [0.1, 0.15) is 11.6 Å². The summed E-state index contributed by atoms with van der Waals surface area (Å²) in [5, 5.41) is 0.996. The van der Waals surface area contributed by atoms with E-state index >= 15 is 0 Å². The molecule has 1 fully saturated rings. The second-order valence-corrected chi connectivity index (χ2v) is 8.85. The zero-order chi connectivity index (χ0) is 20.4. The molecule has 0 bridgehead atoms. The first-order valence-electron chi connectivity index (χ1n) is 9.87. The quantitative estimate of drug-likeness (QED) is 0.621. The van der Waals surface area contributed by atoms with Crippen LogP contribution in [0, 0.1) is 19.7 Å². The van der Waals surface area contributed by atoms with Gasteiger partial charge in [0, 0.05) is 24.4 Å². The molecule has 2 aromatic heterocycles. The Morgan fingerprint density at radius 2 is 2.10 bits per heavy atom. The number of piperidine rings is 1. The Labute approximate surface area is 173 Å². The van der Waals surface area contributed by atoms with Crippen molar-refractivity contribution in [3.63, 3.8) is 0 Å². The molecular weight excluding hydrogens is 389 g/mol. The fourth-order valence-electron chi connectivity index (χ4n) is 3.79. The predicted octanol–water partition coefficient (Wildman–Crippen LogP) is 4.43. The van der Waals surface area contributed by atoms with Gasteiger partial charge in [0.25, 0.3) is 0 Å². The number of carbonyl (C=O) groups is 1. The number of benzene rings is 1. The lowest BCUT2D eigenvalue weighted by Crippen LogP contribution is -2.40. The Morgan fingerprint density at radius 3 is 2.83 bits per heavy atom. The third-order valence-electron chi connectivity index (χ3n) is 5.30. The molecule has 1 saturated heterocycles. The zero-order valence-electron chi connectivity index (χ0n) is 16.7. The maximum Gasteiger partial charge on any atom is 0.227 e. The normalized spacial score (nSPS) is 16.9. The number of likely N-dealkylation sites (tertiary alicyclic amines) is 1. The molecule has 4 rings (SSSR count). The number of nitrogens with zero attached hydrogens (tertiary/aromatic N) is 3. The van der Waals surface area contributed by atoms with Crippen LogP contribution >= 0.6 is 11.3 Å². The van der Waals surface area contributed by atoms with Crippen LogP contribution in [0.25, 0.3) is 0 Å². The van der Waals surface area contributed by atoms with Crippen molar-refractivity contribution >= 4 is 17.2 Å². The van der Waals surface area contributed by atoms with E-state index in [1.807, 2.05) is 18.7 Å². The SMILES string of the molecule is Cc1nc(C)c(CC(=O)N2CCC[C@H](c3ncc(Cc4ccc(F)cc4)o3)C2)s1. The minimum Gasteiger partial charge on any atom is -0.445 e. The van der Waals surface area contributed by atoms with Gasteiger partial charge in [0.05, 0.1) is 29.2 Å². The van der Waals surface area contributed by atoms with Crippen molar-refractivity contribution in [3.05, 3.63) is 69.1 Å². The second kappa shape index (κ2) is 8.45. The summed E-state index contributed by atoms with van der Waals surface area (Å²) in [6, 6.07) is 6.40. The highest BCUT2D eigenvalue weighted by Gasteiger charge is 2.28. The van der Waals surface area contributed by atoms with Crippen molar-refractivity contribution in [2.45, 2.75) is 45.4 Å². The van der Waals surface area contributed by atoms with Gasteiger partial charge in [-0.3, -0.25) is 4.79 Å². The Kier molecular flexibility index (Phi) is 5.76. The molecule has 0 saturated carbocycles. The zero-order valence-corrected chi connectivity index (χ0v) is 17.5. The fraction of sp³-hybridized carbons (Fsp3) is 0.409. The standard InChI is InChI=1S/C22H24FN3O2S/c1-14-20(29-15(2)25-14)11-21(27)26-9-3-4-17(13-26)22-24-12-19(28-22)10-16-5-7-18(23)8-6-16/h5-8,12,17H,3-4,9-11,13H2,1-2H3/t17-/m0/s1. The third-order valence-corrected chi connectivity index (χ3v) is 6.37. The average Bonchev–Trinajstić information content (AvgIpc) is 3.30. The molecule has 1 aliphatic rings. The van der Waals surface area contributed by atoms with E-state index < -0.39 is 0 Å². The summed E-state index contributed by atoms with van der Waals surface area (Å²) in [7, 11) is 0. The van der Waals surface area contributed by atoms with Crippen LogP contribution in [0.3, 0.4) is 0 Å². The molecule has 3 heterocycles. The summed E-state index contributed by atoms with van der Waals surface area (Å²) in [6.07, 6.45) is 4.62. The van der Waals surface area contributed by atoms with E-state index in [4.69, 9.17) is 4.42 Å². The van der Waals surface area contributed by atoms with Crippen LogP contribution in [0.5, 0.6) is 0 Å². The fourth-order valence-corrected chi connectivity index (χ4v) is 4.72. The number of halogens is 1. The molecule has 1 aliphatic heterocycles. The number of amides is 1. The molecule has 0 unspecified atom stereocenters. The van der Waals surface area contributed by atoms with E-state index in [1.165, 1.54) is 12.1 Å². The predicted molar refractivity (Wildman–Crippen MR) is 110 cm³/mol. The van der Waals surface area contributed by atoms with E-state index in [0.717, 1.165) is 46.3 Å². The Hall–Kier alpha value is -2.54. The van der Waals surface area contributed by atoms with Gasteiger partial charge < -0.3 is 9.32 Å². The van der Waals surface area contributed by atoms with Crippen LogP contribution in [0.2, 0.25) is 0 Å². The summed E-state index contributed by atoms with van der Waals surface area (Å²) < 4.78 is 19.0. The van der Waals surface area contributed by atoms with Crippen LogP contribution in [0.15, 0.2) is 34.9 Å². The van der Waals surface area contributed by atoms with Crippen LogP contribution in [0.4, 0.5) is 4.39 Å². The molecule has 0 spiro atoms. The molecule has 1 aromatic carbocycles. The highest BCUT2D eigenvalue weighted by atomic mass is 32.1. The lowest BCUT2D eigenvalue weighted by molar-refractivity contribution is -0.131. The van der Waals surface area contributed by atoms with Gasteiger partial charge in [-0.2, -0.15) is 0 Å². The lowest BCUT2D eigenvalue weighted by Gasteiger charge is -2.31. The molecule has 152 valence electrons. The van der Waals surface area contributed by atoms with Gasteiger partial charge in [-0.15, -0.1) is 11.3 Å². The van der Waals surface area contributed by atoms with E-state index in [0.29, 0.717) is 25.3 Å². The molecule has 0 aliphatic carbocycles. The van der Waals surface area contributed by atoms with Crippen molar-refractivity contribution in [2.24, 2.45) is 0 Å². The Balaban J connectivity index is 1.39. The smallest absolute Gasteiger partial charge is 0.227 e. The number of oxazole rings is 1. The minimum absolute atomic E-state index is 0.110. The number of aromatic nitrogens is 2. The van der Waals surface area contributed by atoms with E-state index in [9.17, 15) is 9.18 Å². The van der Waals surface area contributed by atoms with Gasteiger partial charge in [-0.1, -0.05) is 12.1 Å². The summed E-state index contributed by atoms with van der Waals surface area (Å²) in [4.78, 5) is 24.7. The molecular formula is C22H24FN3O2S. The Bertz CT molecular complexity index is 996. The summed E-state index contributed by atoms with van der Waals surface area (Å²) >= 11 is 1.60. The van der Waals surface area contributed by atoms with Crippen molar-refractivity contribution in [1.82, 2.24) is 14.9 Å². The largest absolute Gasteiger partial charge is 0.445 e. The maximum absolute atomic E-state index is 13.1. The second-order valence-electron chi connectivity index (χ2n) is 7.57. The molecule has 3 aromatic rings. The summed E-state index contributed by atoms with van der Waals surface area (Å²) in [5.41, 5.74) is 1.93. The molecule has 1 atom stereocenters. The number of carbonyl (C=O) groups excluding carboxylic acids is 1. The first kappa shape index (κ1) is 19.8. The maximum atomic E-state index is 13.1. The average molecular weight is 414 g/mol. The molecule has 5 nitrogen and oxygen atoms in total. The molecule has 29 heavy (non-hydrogen) atoms. The Morgan fingerprint density at radius 1 is 1.31 bits per heavy atom. The first-order chi connectivity index (χ1) is 14.0. The van der Waals surface area contributed by atoms with Crippen molar-refractivity contribution in [1.29, 1.82) is 0 Å². The highest BCUT2D eigenvalue weighted by Crippen LogP contribution is 2.28. The number of rotatable bonds is 5. The number of thiazole rings is 1. The van der Waals surface area contributed by atoms with Crippen LogP contribution < -0.4 is 0 Å². The van der Waals surface area contributed by atoms with E-state index in [-0.39, 0.29) is 17.6 Å². The van der Waals surface area contributed by atoms with Crippen molar-refractivity contribution in [2.75, 3.05) is 13.1 Å². The van der Waals surface area contributed by atoms with Crippen molar-refractivity contribution in [3.8, 4) is 0 Å². The first-order valence-corrected chi connectivity index (χ1v) is 10.7. The molecule has 7 heteroatoms. The number of aryl methyl sites for hydroxylation is 2.